The first-order valence-corrected chi connectivity index (χ1v) is 23.4. The Bertz CT molecular complexity index is 3440. The Morgan fingerprint density at radius 1 is 0.338 bits per heavy atom. The SMILES string of the molecule is C1=CC2=C(C=CC1)N(c1ccc(-c3nc4cc5nc(-c6ccc(N7c8ccccc8N(c8ccccc8)c8ccccc87)cc6)sc5cc4s3)cc1)c1ccccc1N2c1ccccc1. The Morgan fingerprint density at radius 3 is 1.09 bits per heavy atom. The van der Waals surface area contributed by atoms with Gasteiger partial charge >= 0.3 is 0 Å². The van der Waals surface area contributed by atoms with Gasteiger partial charge in [-0.05, 0) is 140 Å². The number of anilines is 10. The second-order valence-electron chi connectivity index (χ2n) is 16.2. The van der Waals surface area contributed by atoms with Gasteiger partial charge in [-0.3, -0.25) is 0 Å². The number of allylic oxidation sites excluding steroid dienone is 4. The summed E-state index contributed by atoms with van der Waals surface area (Å²) in [5.41, 5.74) is 17.7. The number of hydrogen-bond donors (Lipinski definition) is 0. The van der Waals surface area contributed by atoms with E-state index >= 15 is 0 Å². The van der Waals surface area contributed by atoms with Crippen LogP contribution >= 0.6 is 22.7 Å². The first-order chi connectivity index (χ1) is 32.2. The molecule has 0 saturated carbocycles. The van der Waals surface area contributed by atoms with Crippen LogP contribution < -0.4 is 19.6 Å². The van der Waals surface area contributed by atoms with Crippen LogP contribution in [0.1, 0.15) is 6.42 Å². The second-order valence-corrected chi connectivity index (χ2v) is 18.3. The molecule has 10 aromatic rings. The van der Waals surface area contributed by atoms with Crippen LogP contribution in [0.15, 0.2) is 230 Å². The molecule has 0 fully saturated rings. The summed E-state index contributed by atoms with van der Waals surface area (Å²) in [5.74, 6) is 0. The van der Waals surface area contributed by atoms with Crippen molar-refractivity contribution in [2.45, 2.75) is 6.42 Å². The molecule has 0 saturated heterocycles. The van der Waals surface area contributed by atoms with E-state index in [4.69, 9.17) is 9.97 Å². The smallest absolute Gasteiger partial charge is 0.124 e. The summed E-state index contributed by atoms with van der Waals surface area (Å²) in [6, 6.07) is 69.3. The molecular formula is C57H38N6S2. The molecule has 0 N–H and O–H groups in total. The molecule has 1 aliphatic carbocycles. The van der Waals surface area contributed by atoms with Gasteiger partial charge in [0.1, 0.15) is 10.0 Å². The molecule has 0 atom stereocenters. The number of para-hydroxylation sites is 8. The first-order valence-electron chi connectivity index (χ1n) is 21.8. The van der Waals surface area contributed by atoms with Crippen molar-refractivity contribution in [1.29, 1.82) is 0 Å². The lowest BCUT2D eigenvalue weighted by Crippen LogP contribution is -2.30. The minimum absolute atomic E-state index is 0.887. The van der Waals surface area contributed by atoms with E-state index < -0.39 is 0 Å². The number of fused-ring (bicyclic) bond motifs is 5. The molecule has 8 heteroatoms. The summed E-state index contributed by atoms with van der Waals surface area (Å²) in [7, 11) is 0. The predicted molar refractivity (Wildman–Crippen MR) is 274 cm³/mol. The second kappa shape index (κ2) is 15.3. The molecule has 65 heavy (non-hydrogen) atoms. The molecule has 2 aliphatic heterocycles. The third kappa shape index (κ3) is 6.29. The molecular weight excluding hydrogens is 833 g/mol. The van der Waals surface area contributed by atoms with Gasteiger partial charge < -0.3 is 19.6 Å². The van der Waals surface area contributed by atoms with Crippen LogP contribution in [0.5, 0.6) is 0 Å². The lowest BCUT2D eigenvalue weighted by Gasteiger charge is -2.40. The van der Waals surface area contributed by atoms with Gasteiger partial charge in [-0.15, -0.1) is 22.7 Å². The Morgan fingerprint density at radius 2 is 0.677 bits per heavy atom. The van der Waals surface area contributed by atoms with Crippen LogP contribution in [0.2, 0.25) is 0 Å². The molecule has 308 valence electrons. The van der Waals surface area contributed by atoms with Crippen molar-refractivity contribution in [1.82, 2.24) is 9.97 Å². The highest BCUT2D eigenvalue weighted by atomic mass is 32.1. The third-order valence-corrected chi connectivity index (χ3v) is 14.5. The number of hydrogen-bond acceptors (Lipinski definition) is 8. The van der Waals surface area contributed by atoms with E-state index in [1.165, 1.54) is 0 Å². The predicted octanol–water partition coefficient (Wildman–Crippen LogP) is 16.5. The molecule has 4 heterocycles. The van der Waals surface area contributed by atoms with Crippen molar-refractivity contribution in [3.63, 3.8) is 0 Å². The van der Waals surface area contributed by atoms with Gasteiger partial charge in [-0.2, -0.15) is 0 Å². The van der Waals surface area contributed by atoms with Gasteiger partial charge in [0.05, 0.1) is 66.0 Å². The maximum absolute atomic E-state index is 5.16. The monoisotopic (exact) mass is 870 g/mol. The number of thiazole rings is 2. The lowest BCUT2D eigenvalue weighted by atomic mass is 10.0. The van der Waals surface area contributed by atoms with Gasteiger partial charge in [0.15, 0.2) is 0 Å². The lowest BCUT2D eigenvalue weighted by molar-refractivity contribution is 1.07. The van der Waals surface area contributed by atoms with E-state index in [9.17, 15) is 0 Å². The number of aromatic nitrogens is 2. The summed E-state index contributed by atoms with van der Waals surface area (Å²) in [5, 5.41) is 2.00. The van der Waals surface area contributed by atoms with Gasteiger partial charge in [-0.25, -0.2) is 9.97 Å². The Kier molecular flexibility index (Phi) is 8.85. The largest absolute Gasteiger partial charge is 0.306 e. The zero-order valence-electron chi connectivity index (χ0n) is 35.0. The van der Waals surface area contributed by atoms with E-state index in [0.717, 1.165) is 116 Å². The highest BCUT2D eigenvalue weighted by molar-refractivity contribution is 7.23. The first kappa shape index (κ1) is 37.5. The average Bonchev–Trinajstić information content (AvgIpc) is 3.90. The maximum Gasteiger partial charge on any atom is 0.124 e. The Hall–Kier alpha value is -8.04. The van der Waals surface area contributed by atoms with Gasteiger partial charge in [0.2, 0.25) is 0 Å². The standard InChI is InChI=1S/C57H38N6S2/c1-4-16-40(17-5-1)60-46-20-8-3-9-21-47(46)62(51-25-13-10-22-48(51)60)42-32-28-38(29-33-42)56-58-44-36-45-55(37-54(44)64-56)65-57(59-45)39-30-34-43(35-31-39)63-52-26-14-11-23-49(52)61(41-18-6-2-7-19-41)50-24-12-15-27-53(50)63/h1-2,4-37H,3H2. The molecule has 0 bridgehead atoms. The van der Waals surface area contributed by atoms with Crippen LogP contribution in [-0.2, 0) is 0 Å². The van der Waals surface area contributed by atoms with E-state index in [-0.39, 0.29) is 0 Å². The van der Waals surface area contributed by atoms with Crippen LogP contribution in [0.25, 0.3) is 41.6 Å². The fourth-order valence-electron chi connectivity index (χ4n) is 9.40. The molecule has 2 aromatic heterocycles. The zero-order chi connectivity index (χ0) is 42.8. The van der Waals surface area contributed by atoms with E-state index in [0.29, 0.717) is 0 Å². The summed E-state index contributed by atoms with van der Waals surface area (Å²) >= 11 is 3.47. The van der Waals surface area contributed by atoms with Gasteiger partial charge in [-0.1, -0.05) is 84.9 Å². The number of rotatable bonds is 6. The van der Waals surface area contributed by atoms with Crippen LogP contribution in [0.3, 0.4) is 0 Å². The molecule has 0 unspecified atom stereocenters. The van der Waals surface area contributed by atoms with Crippen molar-refractivity contribution in [3.8, 4) is 21.1 Å². The molecule has 3 aliphatic rings. The minimum atomic E-state index is 0.887. The topological polar surface area (TPSA) is 38.7 Å². The van der Waals surface area contributed by atoms with Crippen molar-refractivity contribution >= 4 is 100.0 Å². The molecule has 0 radical (unpaired) electrons. The average molecular weight is 871 g/mol. The van der Waals surface area contributed by atoms with Gasteiger partial charge in [0, 0.05) is 33.9 Å². The van der Waals surface area contributed by atoms with E-state index in [2.05, 4.69) is 238 Å². The Balaban J connectivity index is 0.793. The number of nitrogens with zero attached hydrogens (tertiary/aromatic N) is 6. The van der Waals surface area contributed by atoms with Crippen molar-refractivity contribution in [2.75, 3.05) is 19.6 Å². The fourth-order valence-corrected chi connectivity index (χ4v) is 11.5. The highest BCUT2D eigenvalue weighted by Crippen LogP contribution is 2.54. The van der Waals surface area contributed by atoms with Crippen LogP contribution in [0.4, 0.5) is 56.9 Å². The summed E-state index contributed by atoms with van der Waals surface area (Å²) < 4.78 is 2.31. The minimum Gasteiger partial charge on any atom is -0.306 e. The quantitative estimate of drug-likeness (QED) is 0.166. The maximum atomic E-state index is 5.16. The van der Waals surface area contributed by atoms with Crippen LogP contribution in [0, 0.1) is 0 Å². The molecule has 0 spiro atoms. The molecule has 8 aromatic carbocycles. The Labute approximate surface area is 384 Å². The number of benzene rings is 8. The summed E-state index contributed by atoms with van der Waals surface area (Å²) in [6.45, 7) is 0. The highest BCUT2D eigenvalue weighted by Gasteiger charge is 2.32. The van der Waals surface area contributed by atoms with Crippen molar-refractivity contribution < 1.29 is 0 Å². The van der Waals surface area contributed by atoms with Crippen molar-refractivity contribution in [3.05, 3.63) is 230 Å². The van der Waals surface area contributed by atoms with E-state index in [1.807, 2.05) is 0 Å². The van der Waals surface area contributed by atoms with Crippen molar-refractivity contribution in [2.24, 2.45) is 0 Å². The van der Waals surface area contributed by atoms with Gasteiger partial charge in [0.25, 0.3) is 0 Å². The van der Waals surface area contributed by atoms with E-state index in [1.54, 1.807) is 22.7 Å². The third-order valence-electron chi connectivity index (χ3n) is 12.3. The molecule has 13 rings (SSSR count). The normalized spacial score (nSPS) is 14.1. The molecule has 6 nitrogen and oxygen atoms in total. The summed E-state index contributed by atoms with van der Waals surface area (Å²) in [6.07, 6.45) is 9.89. The van der Waals surface area contributed by atoms with Crippen LogP contribution in [-0.4, -0.2) is 9.97 Å². The fraction of sp³-hybridized carbons (Fsp3) is 0.0175. The zero-order valence-corrected chi connectivity index (χ0v) is 36.6. The summed E-state index contributed by atoms with van der Waals surface area (Å²) in [4.78, 5) is 19.8. The molecule has 0 amide bonds.